The van der Waals surface area contributed by atoms with Crippen molar-refractivity contribution >= 4 is 17.7 Å². The fraction of sp³-hybridized carbons (Fsp3) is 0.636. The molecule has 0 fully saturated rings. The molecule has 96 valence electrons. The third kappa shape index (κ3) is 3.74. The molecule has 17 heavy (non-hydrogen) atoms. The zero-order valence-electron chi connectivity index (χ0n) is 10.3. The number of hydrogen-bond acceptors (Lipinski definition) is 4. The van der Waals surface area contributed by atoms with E-state index >= 15 is 0 Å². The summed E-state index contributed by atoms with van der Waals surface area (Å²) in [5.74, 6) is -0.0892. The zero-order chi connectivity index (χ0) is 12.8. The minimum atomic E-state index is -0.339. The molecule has 0 spiro atoms. The monoisotopic (exact) mass is 257 g/mol. The van der Waals surface area contributed by atoms with Gasteiger partial charge in [-0.3, -0.25) is 9.48 Å². The second-order valence-electron chi connectivity index (χ2n) is 3.92. The van der Waals surface area contributed by atoms with Crippen LogP contribution in [0.2, 0.25) is 0 Å². The number of carbonyl (C=O) groups excluding carboxylic acids is 1. The number of aliphatic hydroxyl groups is 1. The average Bonchev–Trinajstić information content (AvgIpc) is 2.83. The van der Waals surface area contributed by atoms with Gasteiger partial charge < -0.3 is 10.4 Å². The van der Waals surface area contributed by atoms with Crippen LogP contribution in [0.25, 0.3) is 0 Å². The standard InChI is InChI=1S/C11H19N3O2S/c1-8(10(7-15)17-3)13-11(16)9(2)14-6-4-5-12-14/h4-6,8-10,15H,7H2,1-3H3,(H,13,16). The van der Waals surface area contributed by atoms with Crippen LogP contribution in [-0.2, 0) is 4.79 Å². The van der Waals surface area contributed by atoms with E-state index in [4.69, 9.17) is 5.11 Å². The van der Waals surface area contributed by atoms with Crippen molar-refractivity contribution in [2.45, 2.75) is 31.2 Å². The second-order valence-corrected chi connectivity index (χ2v) is 4.99. The maximum absolute atomic E-state index is 11.9. The lowest BCUT2D eigenvalue weighted by Gasteiger charge is -2.23. The number of hydrogen-bond donors (Lipinski definition) is 2. The molecular formula is C11H19N3O2S. The first-order valence-electron chi connectivity index (χ1n) is 5.53. The maximum atomic E-state index is 11.9. The molecular weight excluding hydrogens is 238 g/mol. The molecule has 1 heterocycles. The Morgan fingerprint density at radius 1 is 1.59 bits per heavy atom. The van der Waals surface area contributed by atoms with Gasteiger partial charge in [-0.1, -0.05) is 0 Å². The molecule has 0 aliphatic carbocycles. The molecule has 2 N–H and O–H groups in total. The number of carbonyl (C=O) groups is 1. The summed E-state index contributed by atoms with van der Waals surface area (Å²) in [6, 6.07) is 1.38. The molecule has 1 aromatic rings. The number of nitrogens with one attached hydrogen (secondary N) is 1. The fourth-order valence-corrected chi connectivity index (χ4v) is 2.13. The van der Waals surface area contributed by atoms with Gasteiger partial charge in [0.2, 0.25) is 5.91 Å². The largest absolute Gasteiger partial charge is 0.395 e. The van der Waals surface area contributed by atoms with Crippen molar-refractivity contribution in [3.05, 3.63) is 18.5 Å². The summed E-state index contributed by atoms with van der Waals surface area (Å²) < 4.78 is 1.61. The van der Waals surface area contributed by atoms with Crippen LogP contribution in [0.3, 0.4) is 0 Å². The van der Waals surface area contributed by atoms with E-state index in [0.717, 1.165) is 0 Å². The van der Waals surface area contributed by atoms with Crippen molar-refractivity contribution in [3.8, 4) is 0 Å². The molecule has 3 atom stereocenters. The number of nitrogens with zero attached hydrogens (tertiary/aromatic N) is 2. The Balaban J connectivity index is 2.54. The molecule has 6 heteroatoms. The fourth-order valence-electron chi connectivity index (χ4n) is 1.50. The number of aliphatic hydroxyl groups excluding tert-OH is 1. The third-order valence-corrected chi connectivity index (χ3v) is 3.87. The predicted molar refractivity (Wildman–Crippen MR) is 68.9 cm³/mol. The normalized spacial score (nSPS) is 16.2. The summed E-state index contributed by atoms with van der Waals surface area (Å²) in [5.41, 5.74) is 0. The van der Waals surface area contributed by atoms with E-state index in [2.05, 4.69) is 10.4 Å². The summed E-state index contributed by atoms with van der Waals surface area (Å²) in [4.78, 5) is 11.9. The van der Waals surface area contributed by atoms with Crippen LogP contribution in [0.1, 0.15) is 19.9 Å². The molecule has 0 saturated carbocycles. The zero-order valence-corrected chi connectivity index (χ0v) is 11.1. The Kier molecular flexibility index (Phi) is 5.50. The first-order chi connectivity index (χ1) is 8.10. The smallest absolute Gasteiger partial charge is 0.244 e. The highest BCUT2D eigenvalue weighted by molar-refractivity contribution is 7.99. The molecule has 1 rings (SSSR count). The van der Waals surface area contributed by atoms with Gasteiger partial charge in [0.15, 0.2) is 0 Å². The highest BCUT2D eigenvalue weighted by atomic mass is 32.2. The minimum Gasteiger partial charge on any atom is -0.395 e. The lowest BCUT2D eigenvalue weighted by atomic mass is 10.2. The molecule has 1 amide bonds. The Morgan fingerprint density at radius 2 is 2.29 bits per heavy atom. The van der Waals surface area contributed by atoms with Gasteiger partial charge in [0.05, 0.1) is 6.61 Å². The Bertz CT molecular complexity index is 338. The van der Waals surface area contributed by atoms with Gasteiger partial charge in [-0.05, 0) is 26.2 Å². The summed E-state index contributed by atoms with van der Waals surface area (Å²) >= 11 is 1.54. The Hall–Kier alpha value is -1.01. The first kappa shape index (κ1) is 14.1. The van der Waals surface area contributed by atoms with E-state index in [-0.39, 0.29) is 29.8 Å². The van der Waals surface area contributed by atoms with Crippen molar-refractivity contribution < 1.29 is 9.90 Å². The highest BCUT2D eigenvalue weighted by Gasteiger charge is 2.21. The predicted octanol–water partition coefficient (Wildman–Crippen LogP) is 0.673. The van der Waals surface area contributed by atoms with Crippen molar-refractivity contribution in [2.75, 3.05) is 12.9 Å². The average molecular weight is 257 g/mol. The van der Waals surface area contributed by atoms with Crippen molar-refractivity contribution in [1.82, 2.24) is 15.1 Å². The SMILES string of the molecule is CSC(CO)C(C)NC(=O)C(C)n1cccn1. The van der Waals surface area contributed by atoms with Crippen LogP contribution in [0.4, 0.5) is 0 Å². The molecule has 0 aliphatic heterocycles. The van der Waals surface area contributed by atoms with Crippen LogP contribution in [0, 0.1) is 0 Å². The first-order valence-corrected chi connectivity index (χ1v) is 6.82. The highest BCUT2D eigenvalue weighted by Crippen LogP contribution is 2.11. The van der Waals surface area contributed by atoms with E-state index in [1.54, 1.807) is 41.8 Å². The van der Waals surface area contributed by atoms with Crippen LogP contribution >= 0.6 is 11.8 Å². The van der Waals surface area contributed by atoms with Crippen molar-refractivity contribution in [3.63, 3.8) is 0 Å². The van der Waals surface area contributed by atoms with E-state index in [0.29, 0.717) is 0 Å². The van der Waals surface area contributed by atoms with Gasteiger partial charge >= 0.3 is 0 Å². The lowest BCUT2D eigenvalue weighted by molar-refractivity contribution is -0.124. The summed E-state index contributed by atoms with van der Waals surface area (Å²) in [6.07, 6.45) is 5.32. The molecule has 0 radical (unpaired) electrons. The molecule has 0 saturated heterocycles. The van der Waals surface area contributed by atoms with Crippen LogP contribution in [0.15, 0.2) is 18.5 Å². The van der Waals surface area contributed by atoms with Gasteiger partial charge in [-0.2, -0.15) is 16.9 Å². The van der Waals surface area contributed by atoms with Gasteiger partial charge in [-0.25, -0.2) is 0 Å². The summed E-state index contributed by atoms with van der Waals surface area (Å²) in [5, 5.41) is 16.1. The van der Waals surface area contributed by atoms with Crippen LogP contribution < -0.4 is 5.32 Å². The lowest BCUT2D eigenvalue weighted by Crippen LogP contribution is -2.43. The molecule has 5 nitrogen and oxygen atoms in total. The minimum absolute atomic E-state index is 0.0174. The topological polar surface area (TPSA) is 67.2 Å². The molecule has 0 aromatic carbocycles. The van der Waals surface area contributed by atoms with E-state index in [9.17, 15) is 4.79 Å². The van der Waals surface area contributed by atoms with Crippen LogP contribution in [0.5, 0.6) is 0 Å². The van der Waals surface area contributed by atoms with E-state index in [1.807, 2.05) is 13.2 Å². The number of amides is 1. The summed E-state index contributed by atoms with van der Waals surface area (Å²) in [7, 11) is 0. The second kappa shape index (κ2) is 6.66. The van der Waals surface area contributed by atoms with Crippen molar-refractivity contribution in [1.29, 1.82) is 0 Å². The van der Waals surface area contributed by atoms with Gasteiger partial charge in [0.1, 0.15) is 6.04 Å². The number of rotatable bonds is 6. The van der Waals surface area contributed by atoms with E-state index in [1.165, 1.54) is 0 Å². The van der Waals surface area contributed by atoms with Gasteiger partial charge in [-0.15, -0.1) is 0 Å². The molecule has 0 bridgehead atoms. The van der Waals surface area contributed by atoms with Crippen molar-refractivity contribution in [2.24, 2.45) is 0 Å². The number of aromatic nitrogens is 2. The third-order valence-electron chi connectivity index (χ3n) is 2.71. The molecule has 3 unspecified atom stereocenters. The van der Waals surface area contributed by atoms with Crippen LogP contribution in [-0.4, -0.2) is 44.9 Å². The Labute approximate surface area is 106 Å². The van der Waals surface area contributed by atoms with E-state index < -0.39 is 0 Å². The quantitative estimate of drug-likeness (QED) is 0.786. The Morgan fingerprint density at radius 3 is 2.76 bits per heavy atom. The number of thioether (sulfide) groups is 1. The maximum Gasteiger partial charge on any atom is 0.244 e. The molecule has 0 aliphatic rings. The molecule has 1 aromatic heterocycles. The van der Waals surface area contributed by atoms with Gasteiger partial charge in [0, 0.05) is 23.7 Å². The van der Waals surface area contributed by atoms with Gasteiger partial charge in [0.25, 0.3) is 0 Å². The summed E-state index contributed by atoms with van der Waals surface area (Å²) in [6.45, 7) is 3.74.